The zero-order chi connectivity index (χ0) is 37.0. The SMILES string of the molecule is CCO[Si](CCCNC(=O)CCCC(=O)N[C@H](C(=O)NCCC(=O)N[C@@H](Cc1ccccc1)C(=O)NCC(N)=O)C(C)C)(C(C)C)C(C)C. The molecule has 0 radical (unpaired) electrons. The molecule has 0 saturated carbocycles. The maximum atomic E-state index is 12.9. The smallest absolute Gasteiger partial charge is 0.243 e. The summed E-state index contributed by atoms with van der Waals surface area (Å²) in [5, 5.41) is 13.4. The van der Waals surface area contributed by atoms with Crippen molar-refractivity contribution in [3.05, 3.63) is 35.9 Å². The molecule has 0 fully saturated rings. The van der Waals surface area contributed by atoms with Gasteiger partial charge in [-0.25, -0.2) is 0 Å². The summed E-state index contributed by atoms with van der Waals surface area (Å²) < 4.78 is 6.31. The van der Waals surface area contributed by atoms with Crippen molar-refractivity contribution in [3.8, 4) is 0 Å². The van der Waals surface area contributed by atoms with Crippen LogP contribution in [0.5, 0.6) is 0 Å². The second kappa shape index (κ2) is 22.8. The van der Waals surface area contributed by atoms with Gasteiger partial charge in [0.05, 0.1) is 6.54 Å². The third-order valence-electron chi connectivity index (χ3n) is 8.53. The minimum absolute atomic E-state index is 0.0204. The van der Waals surface area contributed by atoms with Crippen LogP contribution in [0.1, 0.15) is 86.1 Å². The molecule has 0 aliphatic rings. The van der Waals surface area contributed by atoms with E-state index in [1.165, 1.54) is 0 Å². The Kier molecular flexibility index (Phi) is 20.1. The highest BCUT2D eigenvalue weighted by Crippen LogP contribution is 2.37. The molecule has 1 rings (SSSR count). The highest BCUT2D eigenvalue weighted by molar-refractivity contribution is 6.76. The molecule has 0 heterocycles. The van der Waals surface area contributed by atoms with Gasteiger partial charge in [0.15, 0.2) is 8.32 Å². The van der Waals surface area contributed by atoms with Crippen LogP contribution in [0.15, 0.2) is 30.3 Å². The summed E-state index contributed by atoms with van der Waals surface area (Å²) in [7, 11) is -1.93. The van der Waals surface area contributed by atoms with Crippen molar-refractivity contribution < 1.29 is 33.2 Å². The Labute approximate surface area is 293 Å². The third kappa shape index (κ3) is 16.4. The van der Waals surface area contributed by atoms with E-state index in [1.807, 2.05) is 37.3 Å². The van der Waals surface area contributed by atoms with Gasteiger partial charge in [-0.1, -0.05) is 71.9 Å². The molecule has 276 valence electrons. The summed E-state index contributed by atoms with van der Waals surface area (Å²) >= 11 is 0. The first-order valence-electron chi connectivity index (χ1n) is 17.5. The molecule has 1 aromatic carbocycles. The fraction of sp³-hybridized carbons (Fsp3) is 0.657. The Balaban J connectivity index is 2.51. The molecular formula is C35H60N6O7Si. The molecule has 49 heavy (non-hydrogen) atoms. The van der Waals surface area contributed by atoms with Gasteiger partial charge in [0, 0.05) is 45.4 Å². The molecule has 0 aromatic heterocycles. The van der Waals surface area contributed by atoms with Crippen LogP contribution in [0, 0.1) is 5.92 Å². The van der Waals surface area contributed by atoms with Gasteiger partial charge in [-0.05, 0) is 48.4 Å². The van der Waals surface area contributed by atoms with Crippen molar-refractivity contribution in [1.82, 2.24) is 26.6 Å². The number of carbonyl (C=O) groups is 6. The average molecular weight is 705 g/mol. The van der Waals surface area contributed by atoms with E-state index in [-0.39, 0.29) is 56.5 Å². The molecule has 2 atom stereocenters. The van der Waals surface area contributed by atoms with E-state index in [0.717, 1.165) is 18.0 Å². The van der Waals surface area contributed by atoms with Crippen molar-refractivity contribution >= 4 is 43.8 Å². The Morgan fingerprint density at radius 2 is 1.35 bits per heavy atom. The quantitative estimate of drug-likeness (QED) is 0.0702. The van der Waals surface area contributed by atoms with E-state index < -0.39 is 44.0 Å². The van der Waals surface area contributed by atoms with Crippen LogP contribution in [0.2, 0.25) is 17.1 Å². The summed E-state index contributed by atoms with van der Waals surface area (Å²) in [6.45, 7) is 15.4. The Morgan fingerprint density at radius 3 is 1.92 bits per heavy atom. The van der Waals surface area contributed by atoms with Crippen LogP contribution in [0.4, 0.5) is 0 Å². The lowest BCUT2D eigenvalue weighted by Crippen LogP contribution is -2.51. The van der Waals surface area contributed by atoms with Crippen molar-refractivity contribution in [2.45, 2.75) is 116 Å². The minimum Gasteiger partial charge on any atom is -0.417 e. The second-order valence-corrected chi connectivity index (χ2v) is 18.3. The molecular weight excluding hydrogens is 645 g/mol. The number of primary amides is 1. The van der Waals surface area contributed by atoms with E-state index in [0.29, 0.717) is 30.7 Å². The van der Waals surface area contributed by atoms with Crippen molar-refractivity contribution in [2.24, 2.45) is 11.7 Å². The highest BCUT2D eigenvalue weighted by Gasteiger charge is 2.41. The average Bonchev–Trinajstić information content (AvgIpc) is 3.03. The lowest BCUT2D eigenvalue weighted by molar-refractivity contribution is -0.131. The second-order valence-electron chi connectivity index (χ2n) is 13.3. The Hall–Kier alpha value is -3.78. The predicted molar refractivity (Wildman–Crippen MR) is 193 cm³/mol. The number of nitrogens with two attached hydrogens (primary N) is 1. The van der Waals surface area contributed by atoms with E-state index >= 15 is 0 Å². The van der Waals surface area contributed by atoms with Gasteiger partial charge in [-0.3, -0.25) is 28.8 Å². The Morgan fingerprint density at radius 1 is 0.735 bits per heavy atom. The monoisotopic (exact) mass is 704 g/mol. The van der Waals surface area contributed by atoms with E-state index in [4.69, 9.17) is 10.2 Å². The molecule has 0 saturated heterocycles. The number of nitrogens with one attached hydrogen (secondary N) is 5. The van der Waals surface area contributed by atoms with Crippen LogP contribution in [0.3, 0.4) is 0 Å². The summed E-state index contributed by atoms with van der Waals surface area (Å²) in [4.78, 5) is 74.4. The van der Waals surface area contributed by atoms with E-state index in [1.54, 1.807) is 13.8 Å². The van der Waals surface area contributed by atoms with Gasteiger partial charge in [0.2, 0.25) is 35.4 Å². The fourth-order valence-electron chi connectivity index (χ4n) is 5.82. The molecule has 0 bridgehead atoms. The van der Waals surface area contributed by atoms with Crippen molar-refractivity contribution in [1.29, 1.82) is 0 Å². The summed E-state index contributed by atoms with van der Waals surface area (Å²) in [6, 6.07) is 8.27. The summed E-state index contributed by atoms with van der Waals surface area (Å²) in [5.74, 6) is -2.87. The number of amides is 6. The predicted octanol–water partition coefficient (Wildman–Crippen LogP) is 2.44. The van der Waals surface area contributed by atoms with Gasteiger partial charge >= 0.3 is 0 Å². The number of hydrogen-bond donors (Lipinski definition) is 6. The topological polar surface area (TPSA) is 198 Å². The normalized spacial score (nSPS) is 12.7. The molecule has 0 spiro atoms. The van der Waals surface area contributed by atoms with Crippen molar-refractivity contribution in [3.63, 3.8) is 0 Å². The number of rotatable bonds is 24. The largest absolute Gasteiger partial charge is 0.417 e. The third-order valence-corrected chi connectivity index (χ3v) is 14.4. The van der Waals surface area contributed by atoms with E-state index in [9.17, 15) is 28.8 Å². The summed E-state index contributed by atoms with van der Waals surface area (Å²) in [5.41, 5.74) is 6.90. The zero-order valence-corrected chi connectivity index (χ0v) is 31.5. The van der Waals surface area contributed by atoms with Crippen LogP contribution in [-0.2, 0) is 39.6 Å². The molecule has 1 aromatic rings. The fourth-order valence-corrected chi connectivity index (χ4v) is 10.4. The summed E-state index contributed by atoms with van der Waals surface area (Å²) in [6.07, 6.45) is 1.57. The van der Waals surface area contributed by atoms with Crippen LogP contribution in [-0.4, -0.2) is 82.1 Å². The highest BCUT2D eigenvalue weighted by atomic mass is 28.4. The van der Waals surface area contributed by atoms with Gasteiger partial charge < -0.3 is 36.7 Å². The molecule has 0 aliphatic carbocycles. The molecule has 13 nitrogen and oxygen atoms in total. The van der Waals surface area contributed by atoms with Gasteiger partial charge in [-0.2, -0.15) is 0 Å². The maximum Gasteiger partial charge on any atom is 0.243 e. The number of hydrogen-bond acceptors (Lipinski definition) is 7. The first kappa shape index (κ1) is 43.2. The van der Waals surface area contributed by atoms with Crippen LogP contribution >= 0.6 is 0 Å². The number of carbonyl (C=O) groups excluding carboxylic acids is 6. The first-order chi connectivity index (χ1) is 23.1. The minimum atomic E-state index is -1.93. The first-order valence-corrected chi connectivity index (χ1v) is 19.8. The van der Waals surface area contributed by atoms with Gasteiger partial charge in [-0.15, -0.1) is 0 Å². The van der Waals surface area contributed by atoms with Gasteiger partial charge in [0.25, 0.3) is 0 Å². The molecule has 0 aliphatic heterocycles. The molecule has 0 unspecified atom stereocenters. The van der Waals surface area contributed by atoms with Gasteiger partial charge in [0.1, 0.15) is 12.1 Å². The van der Waals surface area contributed by atoms with Crippen LogP contribution < -0.4 is 32.3 Å². The van der Waals surface area contributed by atoms with Crippen LogP contribution in [0.25, 0.3) is 0 Å². The number of benzene rings is 1. The lowest BCUT2D eigenvalue weighted by atomic mass is 10.0. The molecule has 6 amide bonds. The van der Waals surface area contributed by atoms with Crippen molar-refractivity contribution in [2.75, 3.05) is 26.2 Å². The van der Waals surface area contributed by atoms with E-state index in [2.05, 4.69) is 54.3 Å². The molecule has 7 N–H and O–H groups in total. The molecule has 14 heteroatoms. The standard InChI is InChI=1S/C35H60N6O7Si/c1-8-48-49(25(4)5,26(6)7)21-13-19-37-30(43)16-12-17-31(44)41-33(24(2)3)35(47)38-20-18-32(45)40-28(34(46)39-23-29(36)42)22-27-14-10-9-11-15-27/h9-11,14-15,24-26,28,33H,8,12-13,16-23H2,1-7H3,(H2,36,42)(H,37,43)(H,38,47)(H,39,46)(H,40,45)(H,41,44)/t28-,33-/m0/s1. The Bertz CT molecular complexity index is 1200. The zero-order valence-electron chi connectivity index (χ0n) is 30.5. The maximum absolute atomic E-state index is 12.9. The lowest BCUT2D eigenvalue weighted by Gasteiger charge is -2.38.